The zero-order valence-corrected chi connectivity index (χ0v) is 22.8. The molecule has 35 heavy (non-hydrogen) atoms. The molecule has 3 aromatic carbocycles. The van der Waals surface area contributed by atoms with E-state index in [1.807, 2.05) is 0 Å². The first kappa shape index (κ1) is 25.3. The fourth-order valence-electron chi connectivity index (χ4n) is 5.26. The van der Waals surface area contributed by atoms with Crippen LogP contribution in [0.4, 0.5) is 5.69 Å². The van der Waals surface area contributed by atoms with Crippen LogP contribution >= 0.6 is 0 Å². The first-order chi connectivity index (χ1) is 16.4. The van der Waals surface area contributed by atoms with Gasteiger partial charge in [0, 0.05) is 32.9 Å². The van der Waals surface area contributed by atoms with Crippen LogP contribution < -0.4 is 4.90 Å². The maximum Gasteiger partial charge on any atom is 0.123 e. The van der Waals surface area contributed by atoms with Gasteiger partial charge in [0.1, 0.15) is 5.75 Å². The van der Waals surface area contributed by atoms with Crippen molar-refractivity contribution < 1.29 is 5.11 Å². The van der Waals surface area contributed by atoms with Crippen molar-refractivity contribution in [3.63, 3.8) is 0 Å². The monoisotopic (exact) mass is 470 g/mol. The van der Waals surface area contributed by atoms with Crippen LogP contribution in [-0.4, -0.2) is 30.6 Å². The summed E-state index contributed by atoms with van der Waals surface area (Å²) in [6, 6.07) is 22.5. The van der Waals surface area contributed by atoms with Crippen LogP contribution in [0.5, 0.6) is 5.75 Å². The smallest absolute Gasteiger partial charge is 0.123 e. The van der Waals surface area contributed by atoms with Gasteiger partial charge in [-0.05, 0) is 74.9 Å². The van der Waals surface area contributed by atoms with E-state index in [0.29, 0.717) is 5.75 Å². The number of phenols is 1. The third kappa shape index (κ3) is 5.26. The van der Waals surface area contributed by atoms with Crippen LogP contribution in [0.25, 0.3) is 0 Å². The second-order valence-electron chi connectivity index (χ2n) is 12.3. The normalized spacial score (nSPS) is 15.5. The summed E-state index contributed by atoms with van der Waals surface area (Å²) in [6.45, 7) is 15.1. The minimum atomic E-state index is -0.159. The zero-order valence-electron chi connectivity index (χ0n) is 22.8. The fourth-order valence-corrected chi connectivity index (χ4v) is 5.26. The number of hydrogen-bond donors (Lipinski definition) is 1. The Morgan fingerprint density at radius 1 is 0.771 bits per heavy atom. The fraction of sp³-hybridized carbons (Fsp3) is 0.438. The standard InChI is InChI=1S/C32H42N2O/c1-31(2,3)27-19-25(20-28(30(27)35)32(4,5)6)29(23-13-15-26(16-14-23)33(7)8)34-18-17-22-11-9-10-12-24(22)21-34/h9-16,19-20,29,35H,17-18,21H2,1-8H3. The average Bonchev–Trinajstić information content (AvgIpc) is 2.79. The van der Waals surface area contributed by atoms with Crippen LogP contribution in [0.2, 0.25) is 0 Å². The summed E-state index contributed by atoms with van der Waals surface area (Å²) >= 11 is 0. The molecule has 0 spiro atoms. The van der Waals surface area contributed by atoms with Gasteiger partial charge in [-0.1, -0.05) is 77.9 Å². The van der Waals surface area contributed by atoms with Gasteiger partial charge in [-0.15, -0.1) is 0 Å². The summed E-state index contributed by atoms with van der Waals surface area (Å²) in [5.41, 5.74) is 8.35. The lowest BCUT2D eigenvalue weighted by atomic mass is 9.77. The van der Waals surface area contributed by atoms with Crippen molar-refractivity contribution in [2.75, 3.05) is 25.5 Å². The van der Waals surface area contributed by atoms with Gasteiger partial charge in [0.25, 0.3) is 0 Å². The van der Waals surface area contributed by atoms with E-state index in [1.54, 1.807) is 0 Å². The van der Waals surface area contributed by atoms with Crippen LogP contribution in [-0.2, 0) is 23.8 Å². The summed E-state index contributed by atoms with van der Waals surface area (Å²) in [5, 5.41) is 11.4. The van der Waals surface area contributed by atoms with E-state index in [-0.39, 0.29) is 16.9 Å². The van der Waals surface area contributed by atoms with Crippen molar-refractivity contribution in [2.45, 2.75) is 71.4 Å². The number of benzene rings is 3. The Bertz CT molecular complexity index is 1140. The summed E-state index contributed by atoms with van der Waals surface area (Å²) in [6.07, 6.45) is 1.05. The topological polar surface area (TPSA) is 26.7 Å². The van der Waals surface area contributed by atoms with Gasteiger partial charge >= 0.3 is 0 Å². The lowest BCUT2D eigenvalue weighted by molar-refractivity contribution is 0.206. The molecule has 1 aliphatic heterocycles. The number of aromatic hydroxyl groups is 1. The maximum atomic E-state index is 11.4. The second kappa shape index (κ2) is 9.35. The van der Waals surface area contributed by atoms with Gasteiger partial charge in [-0.2, -0.15) is 0 Å². The van der Waals surface area contributed by atoms with E-state index in [2.05, 4.69) is 126 Å². The molecule has 1 aliphatic rings. The number of nitrogens with zero attached hydrogens (tertiary/aromatic N) is 2. The molecule has 3 aromatic rings. The number of fused-ring (bicyclic) bond motifs is 1. The maximum absolute atomic E-state index is 11.4. The van der Waals surface area contributed by atoms with E-state index >= 15 is 0 Å². The van der Waals surface area contributed by atoms with E-state index in [4.69, 9.17) is 0 Å². The van der Waals surface area contributed by atoms with Crippen LogP contribution in [0.1, 0.15) is 81.0 Å². The predicted octanol–water partition coefficient (Wildman–Crippen LogP) is 7.20. The van der Waals surface area contributed by atoms with E-state index in [9.17, 15) is 5.11 Å². The molecule has 3 nitrogen and oxygen atoms in total. The molecule has 0 bridgehead atoms. The third-order valence-corrected chi connectivity index (χ3v) is 7.31. The van der Waals surface area contributed by atoms with E-state index in [0.717, 1.165) is 30.6 Å². The highest BCUT2D eigenvalue weighted by Crippen LogP contribution is 2.43. The van der Waals surface area contributed by atoms with E-state index in [1.165, 1.54) is 27.9 Å². The molecule has 1 atom stereocenters. The van der Waals surface area contributed by atoms with Gasteiger partial charge < -0.3 is 10.0 Å². The number of phenolic OH excluding ortho intramolecular Hbond substituents is 1. The molecule has 0 radical (unpaired) electrons. The summed E-state index contributed by atoms with van der Waals surface area (Å²) in [7, 11) is 4.17. The quantitative estimate of drug-likeness (QED) is 0.437. The van der Waals surface area contributed by atoms with Gasteiger partial charge in [-0.25, -0.2) is 0 Å². The average molecular weight is 471 g/mol. The Kier molecular flexibility index (Phi) is 6.76. The van der Waals surface area contributed by atoms with Gasteiger partial charge in [0.05, 0.1) is 6.04 Å². The second-order valence-corrected chi connectivity index (χ2v) is 12.3. The summed E-state index contributed by atoms with van der Waals surface area (Å²) in [5.74, 6) is 0.444. The number of anilines is 1. The lowest BCUT2D eigenvalue weighted by Gasteiger charge is -2.38. The molecule has 0 aromatic heterocycles. The lowest BCUT2D eigenvalue weighted by Crippen LogP contribution is -2.35. The largest absolute Gasteiger partial charge is 0.507 e. The Morgan fingerprint density at radius 2 is 1.31 bits per heavy atom. The number of rotatable bonds is 4. The van der Waals surface area contributed by atoms with Crippen molar-refractivity contribution in [2.24, 2.45) is 0 Å². The summed E-state index contributed by atoms with van der Waals surface area (Å²) < 4.78 is 0. The Balaban J connectivity index is 1.90. The van der Waals surface area contributed by atoms with Crippen LogP contribution in [0.3, 0.4) is 0 Å². The van der Waals surface area contributed by atoms with Crippen molar-refractivity contribution in [1.29, 1.82) is 0 Å². The highest BCUT2D eigenvalue weighted by Gasteiger charge is 2.32. The molecule has 0 saturated heterocycles. The van der Waals surface area contributed by atoms with Crippen molar-refractivity contribution in [1.82, 2.24) is 4.90 Å². The van der Waals surface area contributed by atoms with E-state index < -0.39 is 0 Å². The molecule has 0 aliphatic carbocycles. The molecule has 1 heterocycles. The van der Waals surface area contributed by atoms with Gasteiger partial charge in [0.15, 0.2) is 0 Å². The zero-order chi connectivity index (χ0) is 25.5. The first-order valence-electron chi connectivity index (χ1n) is 12.8. The molecule has 186 valence electrons. The first-order valence-corrected chi connectivity index (χ1v) is 12.8. The Labute approximate surface area is 212 Å². The molecule has 0 saturated carbocycles. The third-order valence-electron chi connectivity index (χ3n) is 7.31. The Morgan fingerprint density at radius 3 is 1.83 bits per heavy atom. The van der Waals surface area contributed by atoms with Crippen LogP contribution in [0.15, 0.2) is 60.7 Å². The molecule has 3 heteroatoms. The van der Waals surface area contributed by atoms with Crippen molar-refractivity contribution >= 4 is 5.69 Å². The van der Waals surface area contributed by atoms with Crippen molar-refractivity contribution in [3.8, 4) is 5.75 Å². The molecular weight excluding hydrogens is 428 g/mol. The number of hydrogen-bond acceptors (Lipinski definition) is 3. The summed E-state index contributed by atoms with van der Waals surface area (Å²) in [4.78, 5) is 4.75. The molecule has 0 fully saturated rings. The van der Waals surface area contributed by atoms with Crippen molar-refractivity contribution in [3.05, 3.63) is 94.0 Å². The highest BCUT2D eigenvalue weighted by atomic mass is 16.3. The Hall–Kier alpha value is -2.78. The van der Waals surface area contributed by atoms with Gasteiger partial charge in [0.2, 0.25) is 0 Å². The molecule has 1 N–H and O–H groups in total. The highest BCUT2D eigenvalue weighted by molar-refractivity contribution is 5.53. The minimum absolute atomic E-state index is 0.113. The molecular formula is C32H42N2O. The van der Waals surface area contributed by atoms with Crippen LogP contribution in [0, 0.1) is 0 Å². The molecule has 4 rings (SSSR count). The predicted molar refractivity (Wildman–Crippen MR) is 149 cm³/mol. The molecule has 1 unspecified atom stereocenters. The SMILES string of the molecule is CN(C)c1ccc(C(c2cc(C(C)(C)C)c(O)c(C(C)(C)C)c2)N2CCc3ccccc3C2)cc1. The molecule has 0 amide bonds. The van der Waals surface area contributed by atoms with Gasteiger partial charge in [-0.3, -0.25) is 4.90 Å². The minimum Gasteiger partial charge on any atom is -0.507 e.